The lowest BCUT2D eigenvalue weighted by Gasteiger charge is -2.34. The van der Waals surface area contributed by atoms with E-state index in [1.54, 1.807) is 42.7 Å². The Bertz CT molecular complexity index is 1180. The van der Waals surface area contributed by atoms with Crippen LogP contribution in [-0.4, -0.2) is 60.9 Å². The molecule has 0 N–H and O–H groups in total. The van der Waals surface area contributed by atoms with Gasteiger partial charge in [0.25, 0.3) is 5.91 Å². The Morgan fingerprint density at radius 1 is 0.969 bits per heavy atom. The number of imide groups is 1. The molecule has 0 saturated carbocycles. The molecule has 0 aliphatic carbocycles. The van der Waals surface area contributed by atoms with Crippen LogP contribution in [-0.2, 0) is 9.59 Å². The van der Waals surface area contributed by atoms with E-state index in [4.69, 9.17) is 9.72 Å². The van der Waals surface area contributed by atoms with Crippen LogP contribution in [0.5, 0.6) is 5.75 Å². The van der Waals surface area contributed by atoms with Crippen molar-refractivity contribution in [1.29, 1.82) is 0 Å². The molecule has 5 rings (SSSR count). The number of ether oxygens (including phenoxy) is 1. The summed E-state index contributed by atoms with van der Waals surface area (Å²) < 4.78 is 6.49. The number of piperazine rings is 1. The van der Waals surface area contributed by atoms with E-state index in [-0.39, 0.29) is 30.6 Å². The summed E-state index contributed by atoms with van der Waals surface area (Å²) in [6.07, 6.45) is 0.483. The second-order valence-corrected chi connectivity index (χ2v) is 8.76. The minimum atomic E-state index is -0.197. The van der Waals surface area contributed by atoms with Gasteiger partial charge >= 0.3 is 0 Å². The van der Waals surface area contributed by atoms with Crippen molar-refractivity contribution in [2.24, 2.45) is 0 Å². The van der Waals surface area contributed by atoms with Crippen LogP contribution >= 0.6 is 11.3 Å². The predicted molar refractivity (Wildman–Crippen MR) is 122 cm³/mol. The highest BCUT2D eigenvalue weighted by molar-refractivity contribution is 7.22. The number of carbonyl (C=O) groups is 3. The van der Waals surface area contributed by atoms with Crippen molar-refractivity contribution in [2.75, 3.05) is 43.1 Å². The van der Waals surface area contributed by atoms with Gasteiger partial charge in [0.15, 0.2) is 5.13 Å². The fraction of sp³-hybridized carbons (Fsp3) is 0.304. The minimum absolute atomic E-state index is 0.0544. The molecule has 0 atom stereocenters. The Morgan fingerprint density at radius 3 is 2.31 bits per heavy atom. The largest absolute Gasteiger partial charge is 0.494 e. The summed E-state index contributed by atoms with van der Waals surface area (Å²) in [5.41, 5.74) is 1.93. The highest BCUT2D eigenvalue weighted by Gasteiger charge is 2.30. The molecule has 2 aliphatic rings. The van der Waals surface area contributed by atoms with Crippen LogP contribution in [0.15, 0.2) is 42.5 Å². The molecule has 0 bridgehead atoms. The molecule has 8 nitrogen and oxygen atoms in total. The minimum Gasteiger partial charge on any atom is -0.494 e. The number of rotatable bonds is 4. The van der Waals surface area contributed by atoms with Gasteiger partial charge in [-0.15, -0.1) is 0 Å². The molecule has 2 aromatic carbocycles. The molecule has 2 fully saturated rings. The van der Waals surface area contributed by atoms with Gasteiger partial charge in [0, 0.05) is 44.6 Å². The molecule has 3 heterocycles. The normalized spacial score (nSPS) is 16.8. The smallest absolute Gasteiger partial charge is 0.253 e. The fourth-order valence-corrected chi connectivity index (χ4v) is 5.15. The van der Waals surface area contributed by atoms with Gasteiger partial charge in [-0.25, -0.2) is 4.98 Å². The van der Waals surface area contributed by atoms with Crippen LogP contribution in [0.3, 0.4) is 0 Å². The molecule has 0 radical (unpaired) electrons. The summed E-state index contributed by atoms with van der Waals surface area (Å²) in [4.78, 5) is 46.7. The fourth-order valence-electron chi connectivity index (χ4n) is 4.11. The molecule has 0 unspecified atom stereocenters. The molecule has 9 heteroatoms. The summed E-state index contributed by atoms with van der Waals surface area (Å²) >= 11 is 1.62. The number of hydrogen-bond acceptors (Lipinski definition) is 7. The van der Waals surface area contributed by atoms with Gasteiger partial charge in [-0.3, -0.25) is 19.3 Å². The molecule has 2 aliphatic heterocycles. The lowest BCUT2D eigenvalue weighted by molar-refractivity contribution is -0.121. The number of aromatic nitrogens is 1. The highest BCUT2D eigenvalue weighted by atomic mass is 32.1. The number of hydrogen-bond donors (Lipinski definition) is 0. The summed E-state index contributed by atoms with van der Waals surface area (Å²) in [5.74, 6) is 0.316. The van der Waals surface area contributed by atoms with Crippen molar-refractivity contribution in [3.8, 4) is 5.75 Å². The van der Waals surface area contributed by atoms with E-state index >= 15 is 0 Å². The first-order valence-electron chi connectivity index (χ1n) is 10.5. The number of methoxy groups -OCH3 is 1. The standard InChI is InChI=1S/C23H22N4O4S/c1-31-17-3-2-4-18-21(17)24-23(32-18)26-13-11-25(12-14-26)22(30)15-5-7-16(8-6-15)27-19(28)9-10-20(27)29/h2-8H,9-14H2,1H3. The SMILES string of the molecule is COc1cccc2sc(N3CCN(C(=O)c4ccc(N5C(=O)CCC5=O)cc4)CC3)nc12. The highest BCUT2D eigenvalue weighted by Crippen LogP contribution is 2.34. The average Bonchev–Trinajstić information content (AvgIpc) is 3.41. The number of para-hydroxylation sites is 1. The summed E-state index contributed by atoms with van der Waals surface area (Å²) in [6.45, 7) is 2.58. The van der Waals surface area contributed by atoms with Crippen molar-refractivity contribution in [3.05, 3.63) is 48.0 Å². The predicted octanol–water partition coefficient (Wildman–Crippen LogP) is 2.92. The quantitative estimate of drug-likeness (QED) is 0.569. The Balaban J connectivity index is 1.25. The van der Waals surface area contributed by atoms with Crippen molar-refractivity contribution < 1.29 is 19.1 Å². The molecular weight excluding hydrogens is 428 g/mol. The zero-order valence-electron chi connectivity index (χ0n) is 17.6. The van der Waals surface area contributed by atoms with Gasteiger partial charge in [0.05, 0.1) is 17.5 Å². The maximum atomic E-state index is 13.0. The number of anilines is 2. The first kappa shape index (κ1) is 20.4. The van der Waals surface area contributed by atoms with Crippen LogP contribution in [0.4, 0.5) is 10.8 Å². The Labute approximate surface area is 189 Å². The average molecular weight is 451 g/mol. The third-order valence-electron chi connectivity index (χ3n) is 5.85. The maximum Gasteiger partial charge on any atom is 0.253 e. The van der Waals surface area contributed by atoms with Crippen molar-refractivity contribution in [2.45, 2.75) is 12.8 Å². The Hall–Kier alpha value is -3.46. The van der Waals surface area contributed by atoms with E-state index < -0.39 is 0 Å². The zero-order valence-corrected chi connectivity index (χ0v) is 18.4. The molecule has 164 valence electrons. The summed E-state index contributed by atoms with van der Waals surface area (Å²) in [7, 11) is 1.64. The van der Waals surface area contributed by atoms with E-state index in [1.807, 2.05) is 23.1 Å². The second-order valence-electron chi connectivity index (χ2n) is 7.75. The number of amides is 3. The first-order chi connectivity index (χ1) is 15.5. The van der Waals surface area contributed by atoms with Crippen LogP contribution in [0.25, 0.3) is 10.2 Å². The number of thiazole rings is 1. The van der Waals surface area contributed by atoms with E-state index in [0.29, 0.717) is 37.4 Å². The van der Waals surface area contributed by atoms with Crippen LogP contribution in [0.1, 0.15) is 23.2 Å². The van der Waals surface area contributed by atoms with E-state index in [1.165, 1.54) is 4.90 Å². The topological polar surface area (TPSA) is 83.0 Å². The third-order valence-corrected chi connectivity index (χ3v) is 6.93. The monoisotopic (exact) mass is 450 g/mol. The lowest BCUT2D eigenvalue weighted by Crippen LogP contribution is -2.48. The van der Waals surface area contributed by atoms with E-state index in [2.05, 4.69) is 4.90 Å². The molecule has 3 amide bonds. The van der Waals surface area contributed by atoms with Gasteiger partial charge < -0.3 is 14.5 Å². The zero-order chi connectivity index (χ0) is 22.2. The van der Waals surface area contributed by atoms with Crippen molar-refractivity contribution >= 4 is 50.1 Å². The molecule has 3 aromatic rings. The second kappa shape index (κ2) is 8.23. The Kier molecular flexibility index (Phi) is 5.26. The van der Waals surface area contributed by atoms with Gasteiger partial charge in [0.1, 0.15) is 11.3 Å². The van der Waals surface area contributed by atoms with Crippen LogP contribution in [0.2, 0.25) is 0 Å². The summed E-state index contributed by atoms with van der Waals surface area (Å²) in [6, 6.07) is 12.6. The number of fused-ring (bicyclic) bond motifs is 1. The third kappa shape index (κ3) is 3.58. The summed E-state index contributed by atoms with van der Waals surface area (Å²) in [5, 5.41) is 0.931. The van der Waals surface area contributed by atoms with Gasteiger partial charge in [-0.1, -0.05) is 17.4 Å². The molecule has 0 spiro atoms. The lowest BCUT2D eigenvalue weighted by atomic mass is 10.1. The molecule has 32 heavy (non-hydrogen) atoms. The van der Waals surface area contributed by atoms with Crippen LogP contribution < -0.4 is 14.5 Å². The number of benzene rings is 2. The van der Waals surface area contributed by atoms with E-state index in [9.17, 15) is 14.4 Å². The van der Waals surface area contributed by atoms with Crippen molar-refractivity contribution in [1.82, 2.24) is 9.88 Å². The van der Waals surface area contributed by atoms with Gasteiger partial charge in [0.2, 0.25) is 11.8 Å². The van der Waals surface area contributed by atoms with Gasteiger partial charge in [-0.2, -0.15) is 0 Å². The van der Waals surface area contributed by atoms with E-state index in [0.717, 1.165) is 21.1 Å². The van der Waals surface area contributed by atoms with Crippen molar-refractivity contribution in [3.63, 3.8) is 0 Å². The molecular formula is C23H22N4O4S. The molecule has 2 saturated heterocycles. The number of carbonyl (C=O) groups excluding carboxylic acids is 3. The maximum absolute atomic E-state index is 13.0. The number of nitrogens with zero attached hydrogens (tertiary/aromatic N) is 4. The van der Waals surface area contributed by atoms with Gasteiger partial charge in [-0.05, 0) is 36.4 Å². The first-order valence-corrected chi connectivity index (χ1v) is 11.3. The van der Waals surface area contributed by atoms with Crippen LogP contribution in [0, 0.1) is 0 Å². The molecule has 1 aromatic heterocycles. The Morgan fingerprint density at radius 2 is 1.66 bits per heavy atom.